The van der Waals surface area contributed by atoms with Gasteiger partial charge in [-0.25, -0.2) is 4.39 Å². The molecule has 0 spiro atoms. The summed E-state index contributed by atoms with van der Waals surface area (Å²) in [6.45, 7) is 2.06. The van der Waals surface area contributed by atoms with Crippen molar-refractivity contribution in [3.8, 4) is 5.75 Å². The van der Waals surface area contributed by atoms with Gasteiger partial charge in [0.2, 0.25) is 0 Å². The van der Waals surface area contributed by atoms with Crippen LogP contribution in [0.25, 0.3) is 0 Å². The highest BCUT2D eigenvalue weighted by Crippen LogP contribution is 2.16. The van der Waals surface area contributed by atoms with Gasteiger partial charge in [0.25, 0.3) is 0 Å². The lowest BCUT2D eigenvalue weighted by Gasteiger charge is -2.01. The zero-order chi connectivity index (χ0) is 8.97. The summed E-state index contributed by atoms with van der Waals surface area (Å²) in [5.74, 6) is -0.0799. The van der Waals surface area contributed by atoms with Crippen LogP contribution in [-0.2, 0) is 6.42 Å². The number of rotatable bonds is 3. The summed E-state index contributed by atoms with van der Waals surface area (Å²) < 4.78 is 13.0. The van der Waals surface area contributed by atoms with Crippen LogP contribution >= 0.6 is 0 Å². The summed E-state index contributed by atoms with van der Waals surface area (Å²) >= 11 is 0. The van der Waals surface area contributed by atoms with E-state index in [1.54, 1.807) is 0 Å². The number of benzene rings is 1. The smallest absolute Gasteiger partial charge is 0.126 e. The minimum atomic E-state index is -0.221. The molecule has 1 rings (SSSR count). The van der Waals surface area contributed by atoms with Crippen molar-refractivity contribution in [1.29, 1.82) is 0 Å². The molecule has 0 heterocycles. The van der Waals surface area contributed by atoms with E-state index >= 15 is 0 Å². The van der Waals surface area contributed by atoms with Gasteiger partial charge in [-0.2, -0.15) is 0 Å². The molecular weight excluding hydrogens is 155 g/mol. The van der Waals surface area contributed by atoms with Crippen LogP contribution in [-0.4, -0.2) is 5.11 Å². The van der Waals surface area contributed by atoms with Crippen molar-refractivity contribution in [2.75, 3.05) is 0 Å². The Hall–Kier alpha value is -1.05. The van der Waals surface area contributed by atoms with Crippen LogP contribution in [0.5, 0.6) is 5.75 Å². The predicted molar refractivity (Wildman–Crippen MR) is 46.7 cm³/mol. The Balaban J connectivity index is 2.75. The second kappa shape index (κ2) is 4.10. The highest BCUT2D eigenvalue weighted by molar-refractivity contribution is 5.28. The second-order valence-electron chi connectivity index (χ2n) is 2.88. The molecule has 1 N–H and O–H groups in total. The number of halogens is 1. The molecule has 0 fully saturated rings. The molecule has 0 saturated heterocycles. The lowest BCUT2D eigenvalue weighted by molar-refractivity contribution is 0.471. The van der Waals surface area contributed by atoms with E-state index in [1.165, 1.54) is 18.2 Å². The van der Waals surface area contributed by atoms with E-state index in [1.807, 2.05) is 0 Å². The van der Waals surface area contributed by atoms with E-state index in [9.17, 15) is 4.39 Å². The molecule has 0 amide bonds. The minimum absolute atomic E-state index is 0.141. The van der Waals surface area contributed by atoms with Gasteiger partial charge >= 0.3 is 0 Å². The molecule has 66 valence electrons. The molecule has 0 aromatic heterocycles. The maximum Gasteiger partial charge on any atom is 0.126 e. The Bertz CT molecular complexity index is 258. The number of aryl methyl sites for hydroxylation is 1. The van der Waals surface area contributed by atoms with Gasteiger partial charge in [-0.1, -0.05) is 13.3 Å². The Labute approximate surface area is 71.9 Å². The maximum atomic E-state index is 13.0. The largest absolute Gasteiger partial charge is 0.508 e. The number of phenolic OH excluding ortho intramolecular Hbond substituents is 1. The van der Waals surface area contributed by atoms with Gasteiger partial charge in [0, 0.05) is 0 Å². The molecule has 0 bridgehead atoms. The van der Waals surface area contributed by atoms with E-state index < -0.39 is 0 Å². The molecule has 12 heavy (non-hydrogen) atoms. The standard InChI is InChI=1S/C10H13FO/c1-2-3-4-8-7-9(12)5-6-10(8)11/h5-7,12H,2-4H2,1H3. The van der Waals surface area contributed by atoms with Crippen molar-refractivity contribution >= 4 is 0 Å². The van der Waals surface area contributed by atoms with E-state index in [-0.39, 0.29) is 11.6 Å². The summed E-state index contributed by atoms with van der Waals surface area (Å²) in [6, 6.07) is 4.16. The van der Waals surface area contributed by atoms with Crippen molar-refractivity contribution in [2.45, 2.75) is 26.2 Å². The zero-order valence-corrected chi connectivity index (χ0v) is 7.18. The fourth-order valence-corrected chi connectivity index (χ4v) is 1.12. The first-order valence-corrected chi connectivity index (χ1v) is 4.21. The maximum absolute atomic E-state index is 13.0. The molecule has 1 aromatic carbocycles. The lowest BCUT2D eigenvalue weighted by atomic mass is 10.1. The number of hydrogen-bond acceptors (Lipinski definition) is 1. The highest BCUT2D eigenvalue weighted by atomic mass is 19.1. The van der Waals surface area contributed by atoms with Crippen LogP contribution in [0.1, 0.15) is 25.3 Å². The highest BCUT2D eigenvalue weighted by Gasteiger charge is 2.01. The third-order valence-electron chi connectivity index (χ3n) is 1.83. The average molecular weight is 168 g/mol. The van der Waals surface area contributed by atoms with Crippen LogP contribution in [0.3, 0.4) is 0 Å². The quantitative estimate of drug-likeness (QED) is 0.735. The van der Waals surface area contributed by atoms with Crippen molar-refractivity contribution in [3.05, 3.63) is 29.6 Å². The molecule has 0 atom stereocenters. The number of phenols is 1. The van der Waals surface area contributed by atoms with Crippen LogP contribution in [0, 0.1) is 5.82 Å². The Morgan fingerprint density at radius 1 is 1.42 bits per heavy atom. The average Bonchev–Trinajstić information content (AvgIpc) is 2.07. The number of unbranched alkanes of at least 4 members (excludes halogenated alkanes) is 1. The van der Waals surface area contributed by atoms with Gasteiger partial charge in [0.1, 0.15) is 11.6 Å². The SMILES string of the molecule is CCCCc1cc(O)ccc1F. The minimum Gasteiger partial charge on any atom is -0.508 e. The van der Waals surface area contributed by atoms with E-state index in [2.05, 4.69) is 6.92 Å². The van der Waals surface area contributed by atoms with Crippen molar-refractivity contribution < 1.29 is 9.50 Å². The van der Waals surface area contributed by atoms with Crippen molar-refractivity contribution in [3.63, 3.8) is 0 Å². The van der Waals surface area contributed by atoms with Gasteiger partial charge in [-0.15, -0.1) is 0 Å². The summed E-state index contributed by atoms with van der Waals surface area (Å²) in [6.07, 6.45) is 2.70. The fourth-order valence-electron chi connectivity index (χ4n) is 1.12. The first kappa shape index (κ1) is 9.04. The molecule has 0 aliphatic heterocycles. The van der Waals surface area contributed by atoms with Gasteiger partial charge in [0.15, 0.2) is 0 Å². The van der Waals surface area contributed by atoms with Crippen LogP contribution in [0.2, 0.25) is 0 Å². The summed E-state index contributed by atoms with van der Waals surface area (Å²) in [7, 11) is 0. The molecule has 0 unspecified atom stereocenters. The molecule has 0 aliphatic carbocycles. The summed E-state index contributed by atoms with van der Waals surface area (Å²) in [5, 5.41) is 9.07. The predicted octanol–water partition coefficient (Wildman–Crippen LogP) is 2.87. The van der Waals surface area contributed by atoms with Crippen molar-refractivity contribution in [1.82, 2.24) is 0 Å². The number of aromatic hydroxyl groups is 1. The molecule has 0 aliphatic rings. The third-order valence-corrected chi connectivity index (χ3v) is 1.83. The lowest BCUT2D eigenvalue weighted by Crippen LogP contribution is -1.89. The molecule has 0 radical (unpaired) electrons. The van der Waals surface area contributed by atoms with Crippen LogP contribution in [0.15, 0.2) is 18.2 Å². The monoisotopic (exact) mass is 168 g/mol. The molecule has 1 nitrogen and oxygen atoms in total. The second-order valence-corrected chi connectivity index (χ2v) is 2.88. The third kappa shape index (κ3) is 2.22. The normalized spacial score (nSPS) is 10.2. The molecule has 1 aromatic rings. The number of hydrogen-bond donors (Lipinski definition) is 1. The van der Waals surface area contributed by atoms with Gasteiger partial charge < -0.3 is 5.11 Å². The topological polar surface area (TPSA) is 20.2 Å². The Morgan fingerprint density at radius 3 is 2.83 bits per heavy atom. The van der Waals surface area contributed by atoms with Crippen LogP contribution in [0.4, 0.5) is 4.39 Å². The van der Waals surface area contributed by atoms with Crippen molar-refractivity contribution in [2.24, 2.45) is 0 Å². The van der Waals surface area contributed by atoms with Gasteiger partial charge in [0.05, 0.1) is 0 Å². The summed E-state index contributed by atoms with van der Waals surface area (Å²) in [4.78, 5) is 0. The molecule has 0 saturated carbocycles. The molecule has 2 heteroatoms. The fraction of sp³-hybridized carbons (Fsp3) is 0.400. The van der Waals surface area contributed by atoms with Gasteiger partial charge in [-0.05, 0) is 36.6 Å². The Kier molecular flexibility index (Phi) is 3.09. The Morgan fingerprint density at radius 2 is 2.17 bits per heavy atom. The first-order valence-electron chi connectivity index (χ1n) is 4.21. The zero-order valence-electron chi connectivity index (χ0n) is 7.18. The summed E-state index contributed by atoms with van der Waals surface area (Å²) in [5.41, 5.74) is 0.608. The van der Waals surface area contributed by atoms with E-state index in [4.69, 9.17) is 5.11 Å². The first-order chi connectivity index (χ1) is 5.74. The van der Waals surface area contributed by atoms with E-state index in [0.29, 0.717) is 12.0 Å². The van der Waals surface area contributed by atoms with Crippen LogP contribution < -0.4 is 0 Å². The van der Waals surface area contributed by atoms with Gasteiger partial charge in [-0.3, -0.25) is 0 Å². The van der Waals surface area contributed by atoms with E-state index in [0.717, 1.165) is 12.8 Å². The molecular formula is C10H13FO.